The number of anilines is 2. The Hall–Kier alpha value is -2.08. The summed E-state index contributed by atoms with van der Waals surface area (Å²) in [6.45, 7) is 0.0212. The second kappa shape index (κ2) is 3.35. The number of hydrogen-bond acceptors (Lipinski definition) is 6. The third-order valence-corrected chi connectivity index (χ3v) is 0.992. The van der Waals surface area contributed by atoms with Gasteiger partial charge in [0.05, 0.1) is 6.54 Å². The van der Waals surface area contributed by atoms with Crippen molar-refractivity contribution in [3.05, 3.63) is 16.3 Å². The van der Waals surface area contributed by atoms with Crippen LogP contribution in [0.5, 0.6) is 0 Å². The first-order valence-electron chi connectivity index (χ1n) is 2.99. The number of azide groups is 1. The summed E-state index contributed by atoms with van der Waals surface area (Å²) >= 11 is 0. The normalized spacial score (nSPS) is 9.00. The molecular weight excluding hydrogens is 160 g/mol. The maximum atomic E-state index is 7.99. The summed E-state index contributed by atoms with van der Waals surface area (Å²) in [5, 5.41) is 3.24. The number of nitrogens with two attached hydrogens (primary N) is 2. The van der Waals surface area contributed by atoms with Gasteiger partial charge in [0.2, 0.25) is 11.9 Å². The van der Waals surface area contributed by atoms with Gasteiger partial charge in [-0.2, -0.15) is 15.0 Å². The Morgan fingerprint density at radius 2 is 1.83 bits per heavy atom. The fourth-order valence-corrected chi connectivity index (χ4v) is 0.622. The van der Waals surface area contributed by atoms with Crippen LogP contribution in [0.4, 0.5) is 11.9 Å². The molecule has 62 valence electrons. The van der Waals surface area contributed by atoms with Crippen LogP contribution >= 0.6 is 0 Å². The van der Waals surface area contributed by atoms with Crippen LogP contribution in [-0.2, 0) is 6.54 Å². The van der Waals surface area contributed by atoms with E-state index >= 15 is 0 Å². The van der Waals surface area contributed by atoms with Gasteiger partial charge in [0.15, 0.2) is 0 Å². The molecule has 8 heteroatoms. The Labute approximate surface area is 67.3 Å². The van der Waals surface area contributed by atoms with Crippen LogP contribution in [0.15, 0.2) is 5.11 Å². The fraction of sp³-hybridized carbons (Fsp3) is 0.250. The molecule has 1 aromatic rings. The zero-order chi connectivity index (χ0) is 8.97. The lowest BCUT2D eigenvalue weighted by Gasteiger charge is -1.96. The Balaban J connectivity index is 2.92. The number of aromatic nitrogens is 3. The summed E-state index contributed by atoms with van der Waals surface area (Å²) in [6, 6.07) is 0. The summed E-state index contributed by atoms with van der Waals surface area (Å²) in [6.07, 6.45) is 0. The van der Waals surface area contributed by atoms with Crippen LogP contribution in [0.2, 0.25) is 0 Å². The van der Waals surface area contributed by atoms with E-state index in [1.54, 1.807) is 0 Å². The van der Waals surface area contributed by atoms with E-state index in [0.717, 1.165) is 0 Å². The highest BCUT2D eigenvalue weighted by molar-refractivity contribution is 5.25. The predicted molar refractivity (Wildman–Crippen MR) is 41.5 cm³/mol. The molecule has 0 aliphatic carbocycles. The minimum Gasteiger partial charge on any atom is -0.368 e. The summed E-state index contributed by atoms with van der Waals surface area (Å²) in [5.41, 5.74) is 18.5. The van der Waals surface area contributed by atoms with Crippen LogP contribution < -0.4 is 11.5 Å². The summed E-state index contributed by atoms with van der Waals surface area (Å²) in [7, 11) is 0. The first-order valence-corrected chi connectivity index (χ1v) is 2.99. The second-order valence-corrected chi connectivity index (χ2v) is 1.86. The average molecular weight is 166 g/mol. The van der Waals surface area contributed by atoms with E-state index in [1.807, 2.05) is 0 Å². The molecule has 1 heterocycles. The van der Waals surface area contributed by atoms with Gasteiger partial charge in [0.25, 0.3) is 0 Å². The molecule has 0 fully saturated rings. The lowest BCUT2D eigenvalue weighted by atomic mass is 10.6. The molecule has 12 heavy (non-hydrogen) atoms. The quantitative estimate of drug-likeness (QED) is 0.357. The number of nitrogen functional groups attached to an aromatic ring is 2. The Kier molecular flexibility index (Phi) is 2.24. The molecule has 0 aliphatic heterocycles. The van der Waals surface area contributed by atoms with Gasteiger partial charge >= 0.3 is 0 Å². The lowest BCUT2D eigenvalue weighted by Crippen LogP contribution is -2.05. The predicted octanol–water partition coefficient (Wildman–Crippen LogP) is -0.154. The second-order valence-electron chi connectivity index (χ2n) is 1.86. The van der Waals surface area contributed by atoms with Gasteiger partial charge in [-0.1, -0.05) is 5.11 Å². The van der Waals surface area contributed by atoms with Gasteiger partial charge in [-0.25, -0.2) is 0 Å². The summed E-state index contributed by atoms with van der Waals surface area (Å²) in [4.78, 5) is 13.4. The standard InChI is InChI=1S/C4H6N8/c5-3-9-2(1-8-12-7)10-4(6)11-3/h1H2,(H4,5,6,9,10,11). The highest BCUT2D eigenvalue weighted by Crippen LogP contribution is 1.99. The van der Waals surface area contributed by atoms with Crippen molar-refractivity contribution in [3.63, 3.8) is 0 Å². The molecule has 0 bridgehead atoms. The number of hydrogen-bond donors (Lipinski definition) is 2. The van der Waals surface area contributed by atoms with E-state index < -0.39 is 0 Å². The van der Waals surface area contributed by atoms with E-state index in [4.69, 9.17) is 17.0 Å². The minimum atomic E-state index is 0.0191. The number of rotatable bonds is 2. The highest BCUT2D eigenvalue weighted by Gasteiger charge is 1.98. The van der Waals surface area contributed by atoms with Gasteiger partial charge < -0.3 is 11.5 Å². The van der Waals surface area contributed by atoms with Gasteiger partial charge in [-0.05, 0) is 5.53 Å². The summed E-state index contributed by atoms with van der Waals surface area (Å²) < 4.78 is 0. The molecule has 0 amide bonds. The molecule has 0 aliphatic rings. The van der Waals surface area contributed by atoms with Crippen LogP contribution in [0.1, 0.15) is 5.82 Å². The van der Waals surface area contributed by atoms with Crippen molar-refractivity contribution in [1.29, 1.82) is 0 Å². The maximum absolute atomic E-state index is 7.99. The van der Waals surface area contributed by atoms with Crippen molar-refractivity contribution in [2.24, 2.45) is 5.11 Å². The van der Waals surface area contributed by atoms with E-state index in [2.05, 4.69) is 25.0 Å². The maximum Gasteiger partial charge on any atom is 0.225 e. The van der Waals surface area contributed by atoms with E-state index in [-0.39, 0.29) is 24.3 Å². The molecule has 0 unspecified atom stereocenters. The van der Waals surface area contributed by atoms with Gasteiger partial charge in [-0.15, -0.1) is 0 Å². The molecule has 0 spiro atoms. The van der Waals surface area contributed by atoms with Crippen LogP contribution in [-0.4, -0.2) is 15.0 Å². The highest BCUT2D eigenvalue weighted by atomic mass is 15.2. The van der Waals surface area contributed by atoms with Crippen molar-refractivity contribution >= 4 is 11.9 Å². The Bertz CT molecular complexity index is 306. The monoisotopic (exact) mass is 166 g/mol. The first-order chi connectivity index (χ1) is 5.72. The van der Waals surface area contributed by atoms with Gasteiger partial charge in [0.1, 0.15) is 5.82 Å². The van der Waals surface area contributed by atoms with Gasteiger partial charge in [-0.3, -0.25) is 0 Å². The van der Waals surface area contributed by atoms with Crippen molar-refractivity contribution < 1.29 is 0 Å². The Morgan fingerprint density at radius 1 is 1.25 bits per heavy atom. The fourth-order valence-electron chi connectivity index (χ4n) is 0.622. The van der Waals surface area contributed by atoms with Crippen LogP contribution in [0.25, 0.3) is 10.4 Å². The molecule has 0 aromatic carbocycles. The topological polar surface area (TPSA) is 139 Å². The Morgan fingerprint density at radius 3 is 2.33 bits per heavy atom. The third kappa shape index (κ3) is 1.96. The number of nitrogens with zero attached hydrogens (tertiary/aromatic N) is 6. The summed E-state index contributed by atoms with van der Waals surface area (Å²) in [5.74, 6) is 0.300. The molecular formula is C4H6N8. The van der Waals surface area contributed by atoms with Crippen molar-refractivity contribution in [2.75, 3.05) is 11.5 Å². The first kappa shape index (κ1) is 8.02. The van der Waals surface area contributed by atoms with E-state index in [9.17, 15) is 0 Å². The van der Waals surface area contributed by atoms with E-state index in [0.29, 0.717) is 0 Å². The molecule has 0 saturated heterocycles. The zero-order valence-electron chi connectivity index (χ0n) is 6.05. The molecule has 1 rings (SSSR count). The van der Waals surface area contributed by atoms with Crippen molar-refractivity contribution in [3.8, 4) is 0 Å². The molecule has 0 radical (unpaired) electrons. The largest absolute Gasteiger partial charge is 0.368 e. The minimum absolute atomic E-state index is 0.0191. The molecule has 8 nitrogen and oxygen atoms in total. The van der Waals surface area contributed by atoms with E-state index in [1.165, 1.54) is 0 Å². The van der Waals surface area contributed by atoms with Gasteiger partial charge in [0, 0.05) is 4.91 Å². The zero-order valence-corrected chi connectivity index (χ0v) is 6.05. The molecule has 1 aromatic heterocycles. The lowest BCUT2D eigenvalue weighted by molar-refractivity contribution is 0.884. The van der Waals surface area contributed by atoms with Crippen molar-refractivity contribution in [2.45, 2.75) is 6.54 Å². The molecule has 4 N–H and O–H groups in total. The average Bonchev–Trinajstić information content (AvgIpc) is 1.99. The van der Waals surface area contributed by atoms with Crippen LogP contribution in [0.3, 0.4) is 0 Å². The van der Waals surface area contributed by atoms with Crippen LogP contribution in [0, 0.1) is 0 Å². The molecule has 0 atom stereocenters. The smallest absolute Gasteiger partial charge is 0.225 e. The molecule has 0 saturated carbocycles. The third-order valence-electron chi connectivity index (χ3n) is 0.992. The van der Waals surface area contributed by atoms with Crippen molar-refractivity contribution in [1.82, 2.24) is 15.0 Å². The SMILES string of the molecule is [N-]=[N+]=NCc1nc(N)nc(N)n1.